The molecule has 180 valence electrons. The van der Waals surface area contributed by atoms with E-state index in [0.29, 0.717) is 23.6 Å². The van der Waals surface area contributed by atoms with Gasteiger partial charge in [0.05, 0.1) is 5.39 Å². The van der Waals surface area contributed by atoms with Crippen LogP contribution in [0.2, 0.25) is 0 Å². The molecule has 2 aromatic carbocycles. The van der Waals surface area contributed by atoms with Gasteiger partial charge in [0.2, 0.25) is 0 Å². The van der Waals surface area contributed by atoms with E-state index in [9.17, 15) is 4.39 Å². The second-order valence-corrected chi connectivity index (χ2v) is 10.6. The summed E-state index contributed by atoms with van der Waals surface area (Å²) in [6, 6.07) is 4.54. The zero-order valence-electron chi connectivity index (χ0n) is 20.3. The molecule has 4 unspecified atom stereocenters. The highest BCUT2D eigenvalue weighted by Crippen LogP contribution is 2.49. The average molecular weight is 457 g/mol. The maximum absolute atomic E-state index is 15.6. The lowest BCUT2D eigenvalue weighted by molar-refractivity contribution is 0.111. The molecule has 2 aliphatic rings. The van der Waals surface area contributed by atoms with E-state index in [1.807, 2.05) is 19.1 Å². The Bertz CT molecular complexity index is 976. The minimum atomic E-state index is -0.667. The van der Waals surface area contributed by atoms with Crippen LogP contribution >= 0.6 is 0 Å². The van der Waals surface area contributed by atoms with Crippen LogP contribution in [0.5, 0.6) is 0 Å². The zero-order valence-corrected chi connectivity index (χ0v) is 20.3. The van der Waals surface area contributed by atoms with Crippen molar-refractivity contribution in [2.24, 2.45) is 17.8 Å². The fourth-order valence-electron chi connectivity index (χ4n) is 6.61. The lowest BCUT2D eigenvalue weighted by Gasteiger charge is -2.42. The molecule has 2 fully saturated rings. The largest absolute Gasteiger partial charge is 0.207 e. The van der Waals surface area contributed by atoms with Crippen LogP contribution < -0.4 is 0 Å². The molecule has 0 radical (unpaired) electrons. The van der Waals surface area contributed by atoms with Gasteiger partial charge >= 0.3 is 0 Å². The highest BCUT2D eigenvalue weighted by atomic mass is 19.1. The van der Waals surface area contributed by atoms with Gasteiger partial charge in [0.15, 0.2) is 0 Å². The number of hydrogen-bond acceptors (Lipinski definition) is 0. The van der Waals surface area contributed by atoms with Crippen LogP contribution in [0.4, 0.5) is 13.2 Å². The van der Waals surface area contributed by atoms with E-state index in [1.165, 1.54) is 57.1 Å². The average Bonchev–Trinajstić information content (AvgIpc) is 2.79. The number of allylic oxidation sites excluding steroid dienone is 2. The van der Waals surface area contributed by atoms with Gasteiger partial charge in [-0.3, -0.25) is 0 Å². The molecule has 4 atom stereocenters. The molecule has 0 aliphatic heterocycles. The van der Waals surface area contributed by atoms with Crippen molar-refractivity contribution in [2.45, 2.75) is 96.8 Å². The highest BCUT2D eigenvalue weighted by Gasteiger charge is 2.37. The molecule has 0 aromatic heterocycles. The Morgan fingerprint density at radius 2 is 1.70 bits per heavy atom. The summed E-state index contributed by atoms with van der Waals surface area (Å²) < 4.78 is 45.8. The lowest BCUT2D eigenvalue weighted by atomic mass is 9.63. The Morgan fingerprint density at radius 1 is 0.909 bits per heavy atom. The summed E-state index contributed by atoms with van der Waals surface area (Å²) >= 11 is 0. The monoisotopic (exact) mass is 456 g/mol. The van der Waals surface area contributed by atoms with Gasteiger partial charge in [0.25, 0.3) is 0 Å². The number of aryl methyl sites for hydroxylation is 1. The van der Waals surface area contributed by atoms with Crippen LogP contribution in [-0.4, -0.2) is 0 Å². The minimum absolute atomic E-state index is 0.0389. The first-order valence-electron chi connectivity index (χ1n) is 13.2. The van der Waals surface area contributed by atoms with Gasteiger partial charge in [0.1, 0.15) is 17.5 Å². The maximum Gasteiger partial charge on any atom is 0.140 e. The molecular formula is C30H39F3. The second kappa shape index (κ2) is 11.1. The molecule has 0 saturated heterocycles. The van der Waals surface area contributed by atoms with Gasteiger partial charge < -0.3 is 0 Å². The molecule has 0 heterocycles. The topological polar surface area (TPSA) is 0 Å². The quantitative estimate of drug-likeness (QED) is 0.274. The SMILES string of the molecule is C/C=C/CCc1cc(F)c2c(F)c(C3CCC4CC(CCCCC)CCC4C3)c(F)cc2c1. The predicted octanol–water partition coefficient (Wildman–Crippen LogP) is 9.65. The molecule has 33 heavy (non-hydrogen) atoms. The molecule has 2 aliphatic carbocycles. The van der Waals surface area contributed by atoms with Crippen molar-refractivity contribution in [1.29, 1.82) is 0 Å². The van der Waals surface area contributed by atoms with Crippen molar-refractivity contribution in [3.8, 4) is 0 Å². The van der Waals surface area contributed by atoms with Gasteiger partial charge in [-0.25, -0.2) is 13.2 Å². The zero-order chi connectivity index (χ0) is 23.4. The predicted molar refractivity (Wildman–Crippen MR) is 132 cm³/mol. The van der Waals surface area contributed by atoms with Crippen LogP contribution in [0, 0.1) is 35.2 Å². The van der Waals surface area contributed by atoms with E-state index in [4.69, 9.17) is 0 Å². The molecule has 3 heteroatoms. The highest BCUT2D eigenvalue weighted by molar-refractivity contribution is 5.85. The molecule has 2 saturated carbocycles. The molecular weight excluding hydrogens is 417 g/mol. The van der Waals surface area contributed by atoms with Gasteiger partial charge in [-0.2, -0.15) is 0 Å². The van der Waals surface area contributed by atoms with Crippen LogP contribution in [0.25, 0.3) is 10.8 Å². The van der Waals surface area contributed by atoms with Crippen molar-refractivity contribution in [3.05, 3.63) is 58.9 Å². The van der Waals surface area contributed by atoms with Crippen molar-refractivity contribution in [1.82, 2.24) is 0 Å². The van der Waals surface area contributed by atoms with E-state index in [0.717, 1.165) is 37.2 Å². The third-order valence-electron chi connectivity index (χ3n) is 8.36. The fourth-order valence-corrected chi connectivity index (χ4v) is 6.61. The number of rotatable bonds is 8. The first-order valence-corrected chi connectivity index (χ1v) is 13.2. The van der Waals surface area contributed by atoms with E-state index < -0.39 is 17.5 Å². The van der Waals surface area contributed by atoms with Crippen LogP contribution in [0.15, 0.2) is 30.4 Å². The molecule has 0 N–H and O–H groups in total. The summed E-state index contributed by atoms with van der Waals surface area (Å²) in [5.74, 6) is 0.216. The van der Waals surface area contributed by atoms with Crippen molar-refractivity contribution >= 4 is 10.8 Å². The minimum Gasteiger partial charge on any atom is -0.207 e. The summed E-state index contributed by atoms with van der Waals surface area (Å²) in [7, 11) is 0. The standard InChI is InChI=1S/C30H39F3/c1-3-5-7-9-20-11-12-23-18-24(14-13-22(23)15-20)28-27(32)19-25-16-21(10-8-6-4-2)17-26(31)29(25)30(28)33/h4,6,16-17,19-20,22-24H,3,5,7-15,18H2,1-2H3/b6-4+. The molecule has 0 spiro atoms. The Hall–Kier alpha value is -1.77. The molecule has 4 rings (SSSR count). The van der Waals surface area contributed by atoms with E-state index >= 15 is 8.78 Å². The van der Waals surface area contributed by atoms with E-state index in [-0.39, 0.29) is 16.9 Å². The first-order chi connectivity index (χ1) is 16.0. The molecule has 0 bridgehead atoms. The summed E-state index contributed by atoms with van der Waals surface area (Å²) in [5.41, 5.74) is 0.910. The number of unbranched alkanes of at least 4 members (excludes halogenated alkanes) is 2. The molecule has 0 nitrogen and oxygen atoms in total. The molecule has 2 aromatic rings. The molecule has 0 amide bonds. The smallest absolute Gasteiger partial charge is 0.140 e. The van der Waals surface area contributed by atoms with Crippen molar-refractivity contribution in [3.63, 3.8) is 0 Å². The fraction of sp³-hybridized carbons (Fsp3) is 0.600. The maximum atomic E-state index is 15.6. The Morgan fingerprint density at radius 3 is 2.48 bits per heavy atom. The summed E-state index contributed by atoms with van der Waals surface area (Å²) in [5, 5.41) is 0.299. The Labute approximate surface area is 197 Å². The van der Waals surface area contributed by atoms with Crippen LogP contribution in [-0.2, 0) is 6.42 Å². The van der Waals surface area contributed by atoms with Gasteiger partial charge in [0, 0.05) is 5.56 Å². The lowest BCUT2D eigenvalue weighted by Crippen LogP contribution is -2.31. The number of fused-ring (bicyclic) bond motifs is 2. The number of halogens is 3. The van der Waals surface area contributed by atoms with Gasteiger partial charge in [-0.1, -0.05) is 57.2 Å². The first kappa shape index (κ1) is 24.4. The second-order valence-electron chi connectivity index (χ2n) is 10.6. The van der Waals surface area contributed by atoms with E-state index in [2.05, 4.69) is 6.92 Å². The summed E-state index contributed by atoms with van der Waals surface area (Å²) in [4.78, 5) is 0. The Balaban J connectivity index is 1.51. The summed E-state index contributed by atoms with van der Waals surface area (Å²) in [6.45, 7) is 4.19. The van der Waals surface area contributed by atoms with Gasteiger partial charge in [-0.15, -0.1) is 0 Å². The van der Waals surface area contributed by atoms with E-state index in [1.54, 1.807) is 6.07 Å². The normalized spacial score (nSPS) is 25.6. The number of hydrogen-bond donors (Lipinski definition) is 0. The van der Waals surface area contributed by atoms with Gasteiger partial charge in [-0.05, 0) is 98.6 Å². The van der Waals surface area contributed by atoms with Crippen LogP contribution in [0.1, 0.15) is 102 Å². The summed E-state index contributed by atoms with van der Waals surface area (Å²) in [6.07, 6.45) is 17.1. The van der Waals surface area contributed by atoms with Crippen LogP contribution in [0.3, 0.4) is 0 Å². The van der Waals surface area contributed by atoms with Crippen molar-refractivity contribution in [2.75, 3.05) is 0 Å². The number of benzene rings is 2. The third-order valence-corrected chi connectivity index (χ3v) is 8.36. The van der Waals surface area contributed by atoms with Crippen molar-refractivity contribution < 1.29 is 13.2 Å². The Kier molecular flexibility index (Phi) is 8.20. The third kappa shape index (κ3) is 5.49.